The van der Waals surface area contributed by atoms with Crippen LogP contribution in [0, 0.1) is 33.1 Å². The Morgan fingerprint density at radius 3 is 1.77 bits per heavy atom. The topological polar surface area (TPSA) is 177 Å². The minimum absolute atomic E-state index is 0.176. The molecule has 0 bridgehead atoms. The molecule has 0 aliphatic heterocycles. The van der Waals surface area contributed by atoms with Gasteiger partial charge >= 0.3 is 0 Å². The Morgan fingerprint density at radius 2 is 1.21 bits per heavy atom. The quantitative estimate of drug-likeness (QED) is 0.0949. The Morgan fingerprint density at radius 1 is 0.645 bits per heavy atom. The van der Waals surface area contributed by atoms with Crippen LogP contribution in [-0.2, 0) is 25.9 Å². The van der Waals surface area contributed by atoms with E-state index in [-0.39, 0.29) is 5.49 Å². The summed E-state index contributed by atoms with van der Waals surface area (Å²) >= 11 is 2.93. The number of nitrogens with zero attached hydrogens (tertiary/aromatic N) is 7. The molecule has 16 heteroatoms. The molecule has 0 fully saturated rings. The molecule has 62 heavy (non-hydrogen) atoms. The first-order chi connectivity index (χ1) is 29.9. The number of anilines is 1. The largest absolute Gasteiger partial charge is 0.497 e. The Balaban J connectivity index is 0.000000186. The minimum Gasteiger partial charge on any atom is -0.497 e. The molecule has 4 aromatic carbocycles. The SMILES string of the molecule is COc1ccc(OC)c(Sc2nc3c(N)ncnc3n2CCc2cc(C)cc(C)c2)c1.COc1ccc(OC)c(Sc2nc3c([nH]2)c(=N)ncn3CCc2cc(C)cc(C)c2)c1. The van der Waals surface area contributed by atoms with E-state index in [1.54, 1.807) is 34.8 Å². The Bertz CT molecular complexity index is 2890. The maximum absolute atomic E-state index is 8.20. The normalized spacial score (nSPS) is 11.1. The highest BCUT2D eigenvalue weighted by atomic mass is 32.2. The van der Waals surface area contributed by atoms with E-state index in [2.05, 4.69) is 88.6 Å². The summed E-state index contributed by atoms with van der Waals surface area (Å²) in [5, 5.41) is 9.64. The summed E-state index contributed by atoms with van der Waals surface area (Å²) in [6.07, 6.45) is 4.88. The number of nitrogens with one attached hydrogen (secondary N) is 2. The van der Waals surface area contributed by atoms with E-state index < -0.39 is 0 Å². The molecule has 0 amide bonds. The van der Waals surface area contributed by atoms with Crippen molar-refractivity contribution in [1.29, 1.82) is 5.41 Å². The van der Waals surface area contributed by atoms with Crippen LogP contribution in [0.1, 0.15) is 33.4 Å². The van der Waals surface area contributed by atoms with Crippen LogP contribution in [0.4, 0.5) is 5.82 Å². The van der Waals surface area contributed by atoms with Crippen molar-refractivity contribution < 1.29 is 18.9 Å². The summed E-state index contributed by atoms with van der Waals surface area (Å²) in [5.74, 6) is 3.34. The van der Waals surface area contributed by atoms with Crippen LogP contribution in [0.15, 0.2) is 106 Å². The first kappa shape index (κ1) is 43.6. The number of methoxy groups -OCH3 is 4. The monoisotopic (exact) mass is 870 g/mol. The van der Waals surface area contributed by atoms with Crippen LogP contribution >= 0.6 is 23.5 Å². The number of nitrogen functional groups attached to an aromatic ring is 1. The Kier molecular flexibility index (Phi) is 13.7. The third-order valence-electron chi connectivity index (χ3n) is 10.0. The number of ether oxygens (including phenoxy) is 4. The lowest BCUT2D eigenvalue weighted by molar-refractivity contribution is 0.394. The molecule has 8 aromatic rings. The molecule has 14 nitrogen and oxygen atoms in total. The molecule has 8 rings (SSSR count). The second kappa shape index (κ2) is 19.5. The lowest BCUT2D eigenvalue weighted by Crippen LogP contribution is -2.13. The van der Waals surface area contributed by atoms with Gasteiger partial charge in [0.1, 0.15) is 34.8 Å². The number of benzene rings is 4. The fraction of sp³-hybridized carbons (Fsp3) is 0.261. The number of H-pyrrole nitrogens is 1. The third kappa shape index (κ3) is 10.1. The highest BCUT2D eigenvalue weighted by Gasteiger charge is 2.19. The number of aromatic nitrogens is 8. The van der Waals surface area contributed by atoms with Crippen molar-refractivity contribution in [3.05, 3.63) is 124 Å². The van der Waals surface area contributed by atoms with Crippen LogP contribution in [0.2, 0.25) is 0 Å². The first-order valence-corrected chi connectivity index (χ1v) is 21.5. The smallest absolute Gasteiger partial charge is 0.175 e. The molecule has 0 atom stereocenters. The third-order valence-corrected chi connectivity index (χ3v) is 12.0. The Hall–Kier alpha value is -6.52. The molecule has 320 valence electrons. The van der Waals surface area contributed by atoms with Crippen LogP contribution < -0.4 is 30.2 Å². The number of nitrogens with two attached hydrogens (primary N) is 1. The molecule has 0 saturated carbocycles. The number of rotatable bonds is 14. The summed E-state index contributed by atoms with van der Waals surface area (Å²) in [5.41, 5.74) is 16.5. The molecule has 0 saturated heterocycles. The van der Waals surface area contributed by atoms with Gasteiger partial charge in [-0.1, -0.05) is 58.7 Å². The Labute approximate surface area is 368 Å². The van der Waals surface area contributed by atoms with Crippen molar-refractivity contribution in [3.63, 3.8) is 0 Å². The van der Waals surface area contributed by atoms with Gasteiger partial charge in [0, 0.05) is 13.1 Å². The van der Waals surface area contributed by atoms with Gasteiger partial charge in [0.05, 0.1) is 44.6 Å². The zero-order valence-corrected chi connectivity index (χ0v) is 37.7. The van der Waals surface area contributed by atoms with Crippen molar-refractivity contribution in [3.8, 4) is 23.0 Å². The molecule has 4 N–H and O–H groups in total. The van der Waals surface area contributed by atoms with E-state index in [0.29, 0.717) is 34.2 Å². The molecule has 0 radical (unpaired) electrons. The van der Waals surface area contributed by atoms with Gasteiger partial charge in [0.15, 0.2) is 38.4 Å². The maximum Gasteiger partial charge on any atom is 0.175 e. The van der Waals surface area contributed by atoms with Crippen molar-refractivity contribution in [2.45, 2.75) is 73.7 Å². The lowest BCUT2D eigenvalue weighted by atomic mass is 10.1. The molecular formula is C46H50N10O4S2. The van der Waals surface area contributed by atoms with E-state index in [9.17, 15) is 0 Å². The summed E-state index contributed by atoms with van der Waals surface area (Å²) in [6.45, 7) is 9.90. The predicted molar refractivity (Wildman–Crippen MR) is 244 cm³/mol. The summed E-state index contributed by atoms with van der Waals surface area (Å²) < 4.78 is 25.8. The van der Waals surface area contributed by atoms with Gasteiger partial charge in [-0.05, 0) is 112 Å². The van der Waals surface area contributed by atoms with Crippen molar-refractivity contribution in [2.24, 2.45) is 0 Å². The predicted octanol–water partition coefficient (Wildman–Crippen LogP) is 8.70. The molecule has 0 unspecified atom stereocenters. The average molecular weight is 871 g/mol. The van der Waals surface area contributed by atoms with Crippen LogP contribution in [-0.4, -0.2) is 67.5 Å². The summed E-state index contributed by atoms with van der Waals surface area (Å²) in [7, 11) is 6.56. The zero-order valence-electron chi connectivity index (χ0n) is 36.1. The molecule has 0 spiro atoms. The van der Waals surface area contributed by atoms with E-state index in [0.717, 1.165) is 63.0 Å². The minimum atomic E-state index is 0.176. The molecule has 0 aliphatic carbocycles. The number of aryl methyl sites for hydroxylation is 8. The highest BCUT2D eigenvalue weighted by Crippen LogP contribution is 2.39. The number of fused-ring (bicyclic) bond motifs is 2. The summed E-state index contributed by atoms with van der Waals surface area (Å²) in [6, 6.07) is 24.5. The van der Waals surface area contributed by atoms with Gasteiger partial charge in [-0.15, -0.1) is 0 Å². The van der Waals surface area contributed by atoms with Crippen molar-refractivity contribution in [2.75, 3.05) is 34.2 Å². The van der Waals surface area contributed by atoms with Gasteiger partial charge in [-0.2, -0.15) is 0 Å². The van der Waals surface area contributed by atoms with Crippen LogP contribution in [0.25, 0.3) is 22.3 Å². The van der Waals surface area contributed by atoms with Gasteiger partial charge < -0.3 is 38.8 Å². The second-order valence-corrected chi connectivity index (χ2v) is 16.8. The molecule has 4 heterocycles. The maximum atomic E-state index is 8.20. The fourth-order valence-corrected chi connectivity index (χ4v) is 9.20. The lowest BCUT2D eigenvalue weighted by Gasteiger charge is -2.12. The van der Waals surface area contributed by atoms with Gasteiger partial charge in [-0.25, -0.2) is 24.9 Å². The molecule has 4 aromatic heterocycles. The van der Waals surface area contributed by atoms with E-state index in [1.807, 2.05) is 41.0 Å². The standard InChI is InChI=1S/2C23H25N5O2S/c1-14-9-15(2)11-16(10-14)7-8-28-13-25-21(24)20-22(28)27-23(26-20)31-19-12-17(29-3)5-6-18(19)30-4;1-14-9-15(2)11-16(10-14)7-8-28-22-20(21(24)25-13-26-22)27-23(28)31-19-12-17(29-3)5-6-18(19)30-4/h5-6,9-13,24H,7-8H2,1-4H3,(H,26,27);5-6,9-13H,7-8H2,1-4H3,(H2,24,25,26). The van der Waals surface area contributed by atoms with Gasteiger partial charge in [-0.3, -0.25) is 5.41 Å². The van der Waals surface area contributed by atoms with Gasteiger partial charge in [0.2, 0.25) is 0 Å². The summed E-state index contributed by atoms with van der Waals surface area (Å²) in [4.78, 5) is 27.4. The van der Waals surface area contributed by atoms with Gasteiger partial charge in [0.25, 0.3) is 0 Å². The van der Waals surface area contributed by atoms with E-state index in [1.165, 1.54) is 63.2 Å². The number of aromatic amines is 1. The van der Waals surface area contributed by atoms with E-state index in [4.69, 9.17) is 40.1 Å². The first-order valence-electron chi connectivity index (χ1n) is 19.9. The van der Waals surface area contributed by atoms with Crippen molar-refractivity contribution in [1.82, 2.24) is 39.0 Å². The molecule has 0 aliphatic rings. The zero-order chi connectivity index (χ0) is 43.9. The van der Waals surface area contributed by atoms with Crippen LogP contribution in [0.5, 0.6) is 23.0 Å². The van der Waals surface area contributed by atoms with E-state index >= 15 is 0 Å². The average Bonchev–Trinajstić information content (AvgIpc) is 3.84. The second-order valence-electron chi connectivity index (χ2n) is 14.7. The number of hydrogen-bond donors (Lipinski definition) is 3. The number of imidazole rings is 2. The highest BCUT2D eigenvalue weighted by molar-refractivity contribution is 7.99. The van der Waals surface area contributed by atoms with Crippen molar-refractivity contribution >= 4 is 51.7 Å². The fourth-order valence-electron chi connectivity index (χ4n) is 7.24. The number of hydrogen-bond acceptors (Lipinski definition) is 13. The van der Waals surface area contributed by atoms with Crippen LogP contribution in [0.3, 0.4) is 0 Å². The molecular weight excluding hydrogens is 821 g/mol.